The summed E-state index contributed by atoms with van der Waals surface area (Å²) < 4.78 is 16.7. The van der Waals surface area contributed by atoms with Crippen molar-refractivity contribution in [2.24, 2.45) is 5.73 Å². The van der Waals surface area contributed by atoms with E-state index in [-0.39, 0.29) is 12.0 Å². The first-order valence-corrected chi connectivity index (χ1v) is 8.20. The van der Waals surface area contributed by atoms with E-state index in [1.807, 2.05) is 44.2 Å². The maximum Gasteiger partial charge on any atom is 0.219 e. The molecule has 0 aliphatic rings. The Kier molecular flexibility index (Phi) is 8.85. The van der Waals surface area contributed by atoms with E-state index in [1.165, 1.54) is 6.92 Å². The highest BCUT2D eigenvalue weighted by Crippen LogP contribution is 2.24. The van der Waals surface area contributed by atoms with Gasteiger partial charge in [-0.15, -0.1) is 0 Å². The van der Waals surface area contributed by atoms with E-state index < -0.39 is 0 Å². The monoisotopic (exact) mass is 346 g/mol. The fraction of sp³-hybridized carbons (Fsp3) is 0.368. The number of pyridine rings is 1. The molecule has 0 spiro atoms. The summed E-state index contributed by atoms with van der Waals surface area (Å²) in [5.74, 6) is 2.51. The average molecular weight is 346 g/mol. The van der Waals surface area contributed by atoms with Gasteiger partial charge < -0.3 is 19.9 Å². The number of ether oxygens (including phenoxy) is 3. The number of nitrogens with two attached hydrogens (primary N) is 1. The molecule has 0 unspecified atom stereocenters. The van der Waals surface area contributed by atoms with E-state index in [0.29, 0.717) is 5.88 Å². The molecule has 2 rings (SSSR count). The van der Waals surface area contributed by atoms with Crippen molar-refractivity contribution >= 4 is 5.91 Å². The molecule has 0 aliphatic heterocycles. The normalized spacial score (nSPS) is 9.80. The Morgan fingerprint density at radius 1 is 1.08 bits per heavy atom. The highest BCUT2D eigenvalue weighted by atomic mass is 16.5. The Labute approximate surface area is 148 Å². The summed E-state index contributed by atoms with van der Waals surface area (Å²) in [6.45, 7) is 8.06. The van der Waals surface area contributed by atoms with Crippen LogP contribution in [0.3, 0.4) is 0 Å². The van der Waals surface area contributed by atoms with Crippen molar-refractivity contribution in [3.05, 3.63) is 42.6 Å². The Balaban J connectivity index is 0.000000705. The van der Waals surface area contributed by atoms with Crippen LogP contribution in [-0.4, -0.2) is 23.6 Å². The number of aromatic nitrogens is 1. The Bertz CT molecular complexity index is 621. The number of benzene rings is 1. The summed E-state index contributed by atoms with van der Waals surface area (Å²) in [6, 6.07) is 11.2. The van der Waals surface area contributed by atoms with Crippen molar-refractivity contribution in [1.82, 2.24) is 4.98 Å². The summed E-state index contributed by atoms with van der Waals surface area (Å²) in [4.78, 5) is 13.4. The molecule has 0 atom stereocenters. The van der Waals surface area contributed by atoms with Crippen molar-refractivity contribution in [2.75, 3.05) is 6.61 Å². The lowest BCUT2D eigenvalue weighted by molar-refractivity contribution is -0.115. The first-order valence-electron chi connectivity index (χ1n) is 8.20. The van der Waals surface area contributed by atoms with Gasteiger partial charge in [-0.1, -0.05) is 6.92 Å². The van der Waals surface area contributed by atoms with Gasteiger partial charge in [-0.2, -0.15) is 0 Å². The van der Waals surface area contributed by atoms with Gasteiger partial charge in [0.1, 0.15) is 17.2 Å². The summed E-state index contributed by atoms with van der Waals surface area (Å²) >= 11 is 0. The molecule has 0 aliphatic carbocycles. The molecule has 1 amide bonds. The van der Waals surface area contributed by atoms with E-state index in [1.54, 1.807) is 12.3 Å². The van der Waals surface area contributed by atoms with E-state index in [0.717, 1.165) is 30.3 Å². The zero-order valence-electron chi connectivity index (χ0n) is 15.2. The number of primary amides is 1. The topological polar surface area (TPSA) is 83.7 Å². The Morgan fingerprint density at radius 3 is 2.12 bits per heavy atom. The number of rotatable bonds is 7. The molecule has 2 aromatic rings. The van der Waals surface area contributed by atoms with Crippen molar-refractivity contribution < 1.29 is 19.0 Å². The minimum Gasteiger partial charge on any atom is -0.494 e. The highest BCUT2D eigenvalue weighted by molar-refractivity contribution is 5.70. The molecule has 136 valence electrons. The molecule has 0 saturated heterocycles. The number of carbonyl (C=O) groups excluding carboxylic acids is 1. The second-order valence-corrected chi connectivity index (χ2v) is 5.53. The molecular weight excluding hydrogens is 320 g/mol. The molecule has 2 N–H and O–H groups in total. The van der Waals surface area contributed by atoms with Gasteiger partial charge in [0.25, 0.3) is 0 Å². The number of hydrogen-bond acceptors (Lipinski definition) is 5. The molecule has 25 heavy (non-hydrogen) atoms. The molecule has 1 heterocycles. The predicted octanol–water partition coefficient (Wildman–Crippen LogP) is 3.94. The standard InChI is InChI=1S/C17H21NO3.C2H5NO/c1-4-11-19-14-5-7-15(8-6-14)21-17-10-9-16(12-18-17)20-13(2)3;1-2(3)4/h5-10,12-13H,4,11H2,1-3H3;1H3,(H2,3,4). The van der Waals surface area contributed by atoms with Crippen LogP contribution < -0.4 is 19.9 Å². The van der Waals surface area contributed by atoms with Crippen molar-refractivity contribution in [3.8, 4) is 23.1 Å². The van der Waals surface area contributed by atoms with Gasteiger partial charge in [0, 0.05) is 13.0 Å². The van der Waals surface area contributed by atoms with Crippen molar-refractivity contribution in [2.45, 2.75) is 40.2 Å². The molecule has 6 nitrogen and oxygen atoms in total. The van der Waals surface area contributed by atoms with Gasteiger partial charge in [0.05, 0.1) is 18.9 Å². The molecule has 6 heteroatoms. The predicted molar refractivity (Wildman–Crippen MR) is 97.2 cm³/mol. The maximum absolute atomic E-state index is 9.22. The Hall–Kier alpha value is -2.76. The number of nitrogens with zero attached hydrogens (tertiary/aromatic N) is 1. The minimum absolute atomic E-state index is 0.134. The molecule has 1 aromatic heterocycles. The third kappa shape index (κ3) is 9.20. The SMILES string of the molecule is CC(N)=O.CCCOc1ccc(Oc2ccc(OC(C)C)cn2)cc1. The Morgan fingerprint density at radius 2 is 1.64 bits per heavy atom. The molecular formula is C19H26N2O4. The molecule has 0 bridgehead atoms. The first-order chi connectivity index (χ1) is 11.9. The van der Waals surface area contributed by atoms with Gasteiger partial charge >= 0.3 is 0 Å². The van der Waals surface area contributed by atoms with Crippen LogP contribution in [0.2, 0.25) is 0 Å². The van der Waals surface area contributed by atoms with Crippen molar-refractivity contribution in [3.63, 3.8) is 0 Å². The third-order valence-electron chi connectivity index (χ3n) is 2.60. The van der Waals surface area contributed by atoms with Crippen LogP contribution in [0.15, 0.2) is 42.6 Å². The lowest BCUT2D eigenvalue weighted by atomic mass is 10.3. The van der Waals surface area contributed by atoms with E-state index in [2.05, 4.69) is 17.6 Å². The molecule has 0 saturated carbocycles. The molecule has 1 aromatic carbocycles. The smallest absolute Gasteiger partial charge is 0.219 e. The zero-order valence-corrected chi connectivity index (χ0v) is 15.2. The van der Waals surface area contributed by atoms with Crippen LogP contribution in [0, 0.1) is 0 Å². The van der Waals surface area contributed by atoms with E-state index in [4.69, 9.17) is 14.2 Å². The molecule has 0 fully saturated rings. The second kappa shape index (κ2) is 10.9. The van der Waals surface area contributed by atoms with Gasteiger partial charge in [-0.25, -0.2) is 4.98 Å². The quantitative estimate of drug-likeness (QED) is 0.821. The average Bonchev–Trinajstić information content (AvgIpc) is 2.55. The largest absolute Gasteiger partial charge is 0.494 e. The zero-order chi connectivity index (χ0) is 18.7. The van der Waals surface area contributed by atoms with Crippen LogP contribution >= 0.6 is 0 Å². The van der Waals surface area contributed by atoms with E-state index in [9.17, 15) is 4.79 Å². The molecule has 0 radical (unpaired) electrons. The van der Waals surface area contributed by atoms with Gasteiger partial charge in [-0.3, -0.25) is 4.79 Å². The van der Waals surface area contributed by atoms with Crippen LogP contribution in [0.1, 0.15) is 34.1 Å². The maximum atomic E-state index is 9.22. The number of amides is 1. The van der Waals surface area contributed by atoms with Gasteiger partial charge in [0.15, 0.2) is 0 Å². The highest BCUT2D eigenvalue weighted by Gasteiger charge is 2.02. The lowest BCUT2D eigenvalue weighted by Gasteiger charge is -2.10. The van der Waals surface area contributed by atoms with Crippen molar-refractivity contribution in [1.29, 1.82) is 0 Å². The minimum atomic E-state index is -0.333. The summed E-state index contributed by atoms with van der Waals surface area (Å²) in [6.07, 6.45) is 2.79. The van der Waals surface area contributed by atoms with Crippen LogP contribution in [0.25, 0.3) is 0 Å². The summed E-state index contributed by atoms with van der Waals surface area (Å²) in [5, 5.41) is 0. The van der Waals surface area contributed by atoms with E-state index >= 15 is 0 Å². The van der Waals surface area contributed by atoms with Crippen LogP contribution in [0.4, 0.5) is 0 Å². The fourth-order valence-corrected chi connectivity index (χ4v) is 1.71. The summed E-state index contributed by atoms with van der Waals surface area (Å²) in [5.41, 5.74) is 4.47. The summed E-state index contributed by atoms with van der Waals surface area (Å²) in [7, 11) is 0. The fourth-order valence-electron chi connectivity index (χ4n) is 1.71. The first kappa shape index (κ1) is 20.3. The number of hydrogen-bond donors (Lipinski definition) is 1. The third-order valence-corrected chi connectivity index (χ3v) is 2.60. The van der Waals surface area contributed by atoms with Crippen LogP contribution in [0.5, 0.6) is 23.1 Å². The second-order valence-electron chi connectivity index (χ2n) is 5.53. The van der Waals surface area contributed by atoms with Crippen LogP contribution in [-0.2, 0) is 4.79 Å². The lowest BCUT2D eigenvalue weighted by Crippen LogP contribution is -2.05. The van der Waals surface area contributed by atoms with Gasteiger partial charge in [-0.05, 0) is 50.6 Å². The number of carbonyl (C=O) groups is 1. The van der Waals surface area contributed by atoms with Gasteiger partial charge in [0.2, 0.25) is 11.8 Å².